The van der Waals surface area contributed by atoms with E-state index in [0.29, 0.717) is 17.2 Å². The van der Waals surface area contributed by atoms with Gasteiger partial charge in [-0.25, -0.2) is 0 Å². The minimum atomic E-state index is -0.957. The quantitative estimate of drug-likeness (QED) is 0.584. The molecule has 2 fully saturated rings. The van der Waals surface area contributed by atoms with Gasteiger partial charge in [-0.05, 0) is 37.6 Å². The minimum absolute atomic E-state index is 0.258. The molecule has 6 heteroatoms. The summed E-state index contributed by atoms with van der Waals surface area (Å²) in [6.07, 6.45) is 1.93. The van der Waals surface area contributed by atoms with Crippen molar-refractivity contribution >= 4 is 29.1 Å². The highest BCUT2D eigenvalue weighted by molar-refractivity contribution is 6.30. The van der Waals surface area contributed by atoms with Crippen molar-refractivity contribution in [2.45, 2.75) is 37.5 Å². The number of rotatable bonds is 1. The standard InChI is InChI=1S/C17H16ClNO4/c1-19-12-6-7-17(19)16(22-14(20)9-15(21)23-17)13(8-12)10-2-4-11(18)5-3-10/h2-5,12H,6-9H2,1H3. The number of carbonyl (C=O) groups excluding carboxylic acids is 2. The maximum Gasteiger partial charge on any atom is 0.322 e. The summed E-state index contributed by atoms with van der Waals surface area (Å²) in [4.78, 5) is 26.0. The zero-order chi connectivity index (χ0) is 16.2. The van der Waals surface area contributed by atoms with Crippen LogP contribution in [0.25, 0.3) is 5.57 Å². The molecule has 0 aromatic heterocycles. The van der Waals surface area contributed by atoms with E-state index in [2.05, 4.69) is 0 Å². The van der Waals surface area contributed by atoms with E-state index in [0.717, 1.165) is 24.0 Å². The van der Waals surface area contributed by atoms with Crippen LogP contribution in [0.5, 0.6) is 0 Å². The van der Waals surface area contributed by atoms with Crippen LogP contribution >= 0.6 is 11.6 Å². The fourth-order valence-corrected chi connectivity index (χ4v) is 3.93. The smallest absolute Gasteiger partial charge is 0.322 e. The molecule has 1 aromatic rings. The third kappa shape index (κ3) is 2.18. The first-order valence-corrected chi connectivity index (χ1v) is 8.02. The van der Waals surface area contributed by atoms with E-state index in [9.17, 15) is 9.59 Å². The van der Waals surface area contributed by atoms with Gasteiger partial charge in [-0.2, -0.15) is 0 Å². The van der Waals surface area contributed by atoms with Gasteiger partial charge in [0.1, 0.15) is 6.42 Å². The molecule has 3 aliphatic rings. The molecule has 0 amide bonds. The van der Waals surface area contributed by atoms with Gasteiger partial charge >= 0.3 is 11.9 Å². The first kappa shape index (κ1) is 14.7. The zero-order valence-corrected chi connectivity index (χ0v) is 13.4. The number of likely N-dealkylation sites (N-methyl/N-ethyl adjacent to an activating group) is 1. The molecule has 3 heterocycles. The Labute approximate surface area is 138 Å². The van der Waals surface area contributed by atoms with Crippen LogP contribution in [0.3, 0.4) is 0 Å². The zero-order valence-electron chi connectivity index (χ0n) is 12.7. The normalized spacial score (nSPS) is 30.6. The van der Waals surface area contributed by atoms with Crippen molar-refractivity contribution in [3.63, 3.8) is 0 Å². The number of ether oxygens (including phenoxy) is 2. The second-order valence-electron chi connectivity index (χ2n) is 6.23. The fourth-order valence-electron chi connectivity index (χ4n) is 3.81. The Morgan fingerprint density at radius 1 is 1.22 bits per heavy atom. The molecule has 23 heavy (non-hydrogen) atoms. The van der Waals surface area contributed by atoms with Gasteiger partial charge in [0, 0.05) is 23.1 Å². The Kier molecular flexibility index (Phi) is 3.25. The number of fused-ring (bicyclic) bond motifs is 1. The molecule has 0 saturated carbocycles. The van der Waals surface area contributed by atoms with E-state index in [1.165, 1.54) is 0 Å². The largest absolute Gasteiger partial charge is 0.435 e. The molecular formula is C17H16ClNO4. The second-order valence-corrected chi connectivity index (χ2v) is 6.67. The van der Waals surface area contributed by atoms with Crippen LogP contribution in [0.2, 0.25) is 5.02 Å². The van der Waals surface area contributed by atoms with E-state index in [1.807, 2.05) is 36.2 Å². The highest BCUT2D eigenvalue weighted by Gasteiger charge is 2.57. The molecule has 1 aromatic carbocycles. The average Bonchev–Trinajstić information content (AvgIpc) is 2.65. The first-order chi connectivity index (χ1) is 11.0. The molecular weight excluding hydrogens is 318 g/mol. The van der Waals surface area contributed by atoms with Crippen LogP contribution in [0, 0.1) is 0 Å². The Hall–Kier alpha value is -1.85. The fraction of sp³-hybridized carbons (Fsp3) is 0.412. The molecule has 120 valence electrons. The Morgan fingerprint density at radius 3 is 2.70 bits per heavy atom. The number of hydrogen-bond acceptors (Lipinski definition) is 5. The summed E-state index contributed by atoms with van der Waals surface area (Å²) in [5.74, 6) is -0.631. The van der Waals surface area contributed by atoms with Gasteiger partial charge < -0.3 is 9.47 Å². The van der Waals surface area contributed by atoms with Gasteiger partial charge in [-0.15, -0.1) is 0 Å². The summed E-state index contributed by atoms with van der Waals surface area (Å²) in [5, 5.41) is 0.647. The molecule has 4 rings (SSSR count). The highest BCUT2D eigenvalue weighted by Crippen LogP contribution is 2.51. The van der Waals surface area contributed by atoms with Crippen molar-refractivity contribution in [1.29, 1.82) is 0 Å². The third-order valence-corrected chi connectivity index (χ3v) is 5.23. The maximum absolute atomic E-state index is 12.0. The van der Waals surface area contributed by atoms with E-state index in [1.54, 1.807) is 0 Å². The molecule has 2 saturated heterocycles. The molecule has 0 aliphatic carbocycles. The lowest BCUT2D eigenvalue weighted by molar-refractivity contribution is -0.172. The molecule has 1 spiro atoms. The van der Waals surface area contributed by atoms with Crippen LogP contribution in [0.15, 0.2) is 30.0 Å². The summed E-state index contributed by atoms with van der Waals surface area (Å²) < 4.78 is 11.3. The van der Waals surface area contributed by atoms with Crippen molar-refractivity contribution in [2.24, 2.45) is 0 Å². The van der Waals surface area contributed by atoms with Crippen LogP contribution in [-0.2, 0) is 19.1 Å². The van der Waals surface area contributed by atoms with Gasteiger partial charge in [-0.3, -0.25) is 14.5 Å². The predicted molar refractivity (Wildman–Crippen MR) is 83.3 cm³/mol. The molecule has 3 aliphatic heterocycles. The Morgan fingerprint density at radius 2 is 1.96 bits per heavy atom. The van der Waals surface area contributed by atoms with E-state index < -0.39 is 17.7 Å². The summed E-state index contributed by atoms with van der Waals surface area (Å²) >= 11 is 5.97. The Bertz CT molecular complexity index is 727. The average molecular weight is 334 g/mol. The molecule has 0 radical (unpaired) electrons. The van der Waals surface area contributed by atoms with E-state index >= 15 is 0 Å². The number of esters is 2. The molecule has 2 bridgehead atoms. The lowest BCUT2D eigenvalue weighted by Gasteiger charge is -2.41. The highest BCUT2D eigenvalue weighted by atomic mass is 35.5. The van der Waals surface area contributed by atoms with Gasteiger partial charge in [0.05, 0.1) is 0 Å². The van der Waals surface area contributed by atoms with Crippen LogP contribution in [0.4, 0.5) is 0 Å². The summed E-state index contributed by atoms with van der Waals surface area (Å²) in [6, 6.07) is 7.69. The number of halogens is 1. The number of carbonyl (C=O) groups is 2. The summed E-state index contributed by atoms with van der Waals surface area (Å²) in [6.45, 7) is 0. The number of hydrogen-bond donors (Lipinski definition) is 0. The third-order valence-electron chi connectivity index (χ3n) is 4.98. The monoisotopic (exact) mass is 333 g/mol. The van der Waals surface area contributed by atoms with Gasteiger partial charge in [-0.1, -0.05) is 23.7 Å². The summed E-state index contributed by atoms with van der Waals surface area (Å²) in [5.41, 5.74) is 0.908. The number of benzene rings is 1. The lowest BCUT2D eigenvalue weighted by Crippen LogP contribution is -2.52. The van der Waals surface area contributed by atoms with Crippen LogP contribution in [-0.4, -0.2) is 35.7 Å². The minimum Gasteiger partial charge on any atom is -0.435 e. The predicted octanol–water partition coefficient (Wildman–Crippen LogP) is 2.74. The maximum atomic E-state index is 12.0. The second kappa shape index (κ2) is 5.08. The number of nitrogens with zero attached hydrogens (tertiary/aromatic N) is 1. The molecule has 0 N–H and O–H groups in total. The van der Waals surface area contributed by atoms with Crippen molar-refractivity contribution in [3.8, 4) is 0 Å². The van der Waals surface area contributed by atoms with E-state index in [-0.39, 0.29) is 12.5 Å². The molecule has 5 nitrogen and oxygen atoms in total. The summed E-state index contributed by atoms with van der Waals surface area (Å²) in [7, 11) is 1.92. The van der Waals surface area contributed by atoms with Crippen molar-refractivity contribution in [3.05, 3.63) is 40.6 Å². The lowest BCUT2D eigenvalue weighted by atomic mass is 9.92. The molecule has 2 unspecified atom stereocenters. The van der Waals surface area contributed by atoms with Gasteiger partial charge in [0.25, 0.3) is 0 Å². The van der Waals surface area contributed by atoms with E-state index in [4.69, 9.17) is 21.1 Å². The van der Waals surface area contributed by atoms with Crippen LogP contribution < -0.4 is 0 Å². The van der Waals surface area contributed by atoms with Crippen LogP contribution in [0.1, 0.15) is 31.2 Å². The SMILES string of the molecule is CN1C2CCC13OC(=O)CC(=O)OC3=C(c1ccc(Cl)cc1)C2. The first-order valence-electron chi connectivity index (χ1n) is 7.64. The Balaban J connectivity index is 1.90. The van der Waals surface area contributed by atoms with Gasteiger partial charge in [0.2, 0.25) is 5.72 Å². The van der Waals surface area contributed by atoms with Crippen molar-refractivity contribution in [1.82, 2.24) is 4.90 Å². The van der Waals surface area contributed by atoms with Gasteiger partial charge in [0.15, 0.2) is 5.76 Å². The van der Waals surface area contributed by atoms with Crippen molar-refractivity contribution in [2.75, 3.05) is 7.05 Å². The molecule has 2 atom stereocenters. The topological polar surface area (TPSA) is 55.8 Å². The van der Waals surface area contributed by atoms with Crippen molar-refractivity contribution < 1.29 is 19.1 Å².